The quantitative estimate of drug-likeness (QED) is 0.854. The number of nitrogens with zero attached hydrogens (tertiary/aromatic N) is 1. The lowest BCUT2D eigenvalue weighted by atomic mass is 10.2. The van der Waals surface area contributed by atoms with Crippen molar-refractivity contribution < 1.29 is 13.2 Å². The van der Waals surface area contributed by atoms with Crippen LogP contribution in [0, 0.1) is 0 Å². The lowest BCUT2D eigenvalue weighted by Gasteiger charge is -2.09. The highest BCUT2D eigenvalue weighted by Crippen LogP contribution is 2.32. The van der Waals surface area contributed by atoms with Gasteiger partial charge in [0.1, 0.15) is 9.71 Å². The molecule has 0 radical (unpaired) electrons. The van der Waals surface area contributed by atoms with Gasteiger partial charge in [-0.25, -0.2) is 13.4 Å². The van der Waals surface area contributed by atoms with Crippen LogP contribution in [0.3, 0.4) is 0 Å². The third-order valence-electron chi connectivity index (χ3n) is 3.28. The highest BCUT2D eigenvalue weighted by molar-refractivity contribution is 7.91. The minimum Gasteiger partial charge on any atom is -0.397 e. The normalized spacial score (nSPS) is 21.1. The van der Waals surface area contributed by atoms with Crippen LogP contribution in [0.25, 0.3) is 10.2 Å². The first kappa shape index (κ1) is 13.3. The Morgan fingerprint density at radius 3 is 2.95 bits per heavy atom. The number of hydrogen-bond donors (Lipinski definition) is 2. The number of pyridine rings is 1. The third-order valence-corrected chi connectivity index (χ3v) is 6.17. The summed E-state index contributed by atoms with van der Waals surface area (Å²) in [5.41, 5.74) is 6.36. The molecule has 1 aliphatic heterocycles. The van der Waals surface area contributed by atoms with Gasteiger partial charge in [-0.15, -0.1) is 11.3 Å². The molecular formula is C12H13N3O3S2. The van der Waals surface area contributed by atoms with Crippen LogP contribution in [0.4, 0.5) is 5.69 Å². The van der Waals surface area contributed by atoms with E-state index in [1.807, 2.05) is 6.07 Å². The maximum atomic E-state index is 12.2. The number of carbonyl (C=O) groups is 1. The van der Waals surface area contributed by atoms with Gasteiger partial charge < -0.3 is 11.1 Å². The van der Waals surface area contributed by atoms with E-state index in [1.54, 1.807) is 12.3 Å². The number of sulfone groups is 1. The maximum absolute atomic E-state index is 12.2. The second-order valence-corrected chi connectivity index (χ2v) is 8.00. The van der Waals surface area contributed by atoms with Gasteiger partial charge in [-0.1, -0.05) is 0 Å². The zero-order valence-corrected chi connectivity index (χ0v) is 12.1. The number of rotatable bonds is 2. The number of hydrogen-bond acceptors (Lipinski definition) is 6. The van der Waals surface area contributed by atoms with E-state index >= 15 is 0 Å². The Labute approximate surface area is 119 Å². The number of thiophene rings is 1. The van der Waals surface area contributed by atoms with Crippen LogP contribution < -0.4 is 11.1 Å². The Morgan fingerprint density at radius 1 is 1.50 bits per heavy atom. The smallest absolute Gasteiger partial charge is 0.263 e. The molecule has 3 rings (SSSR count). The molecule has 0 aliphatic carbocycles. The predicted octanol–water partition coefficient (Wildman–Crippen LogP) is 0.795. The molecule has 1 saturated heterocycles. The number of amides is 1. The molecule has 2 aromatic heterocycles. The Kier molecular flexibility index (Phi) is 3.14. The van der Waals surface area contributed by atoms with E-state index in [2.05, 4.69) is 10.3 Å². The summed E-state index contributed by atoms with van der Waals surface area (Å²) in [7, 11) is -3.01. The zero-order valence-electron chi connectivity index (χ0n) is 10.5. The standard InChI is InChI=1S/C12H13N3O3S2/c13-9-8-2-1-4-14-12(8)19-10(9)11(16)15-7-3-5-20(17,18)6-7/h1-2,4,7H,3,5-6,13H2,(H,15,16). The third kappa shape index (κ3) is 2.36. The van der Waals surface area contributed by atoms with Crippen molar-refractivity contribution in [1.29, 1.82) is 0 Å². The minimum absolute atomic E-state index is 0.00178. The summed E-state index contributed by atoms with van der Waals surface area (Å²) in [5.74, 6) is -0.198. The molecule has 1 amide bonds. The van der Waals surface area contributed by atoms with Crippen molar-refractivity contribution in [2.45, 2.75) is 12.5 Å². The van der Waals surface area contributed by atoms with Crippen molar-refractivity contribution >= 4 is 43.0 Å². The van der Waals surface area contributed by atoms with Crippen LogP contribution in [0.5, 0.6) is 0 Å². The van der Waals surface area contributed by atoms with E-state index < -0.39 is 9.84 Å². The molecule has 3 N–H and O–H groups in total. The van der Waals surface area contributed by atoms with Gasteiger partial charge in [-0.2, -0.15) is 0 Å². The first-order chi connectivity index (χ1) is 9.46. The molecule has 1 atom stereocenters. The van der Waals surface area contributed by atoms with Crippen LogP contribution in [0.1, 0.15) is 16.1 Å². The second-order valence-electron chi connectivity index (χ2n) is 4.77. The fourth-order valence-electron chi connectivity index (χ4n) is 2.28. The van der Waals surface area contributed by atoms with Crippen molar-refractivity contribution in [3.63, 3.8) is 0 Å². The van der Waals surface area contributed by atoms with Gasteiger partial charge in [0.25, 0.3) is 5.91 Å². The van der Waals surface area contributed by atoms with Crippen molar-refractivity contribution in [1.82, 2.24) is 10.3 Å². The zero-order chi connectivity index (χ0) is 14.3. The molecule has 1 aliphatic rings. The molecule has 0 aromatic carbocycles. The summed E-state index contributed by atoms with van der Waals surface area (Å²) in [6.07, 6.45) is 2.10. The van der Waals surface area contributed by atoms with Gasteiger partial charge in [0.2, 0.25) is 0 Å². The van der Waals surface area contributed by atoms with E-state index in [9.17, 15) is 13.2 Å². The van der Waals surface area contributed by atoms with Crippen LogP contribution in [-0.4, -0.2) is 36.9 Å². The molecule has 3 heterocycles. The van der Waals surface area contributed by atoms with Crippen molar-refractivity contribution in [2.75, 3.05) is 17.2 Å². The summed E-state index contributed by atoms with van der Waals surface area (Å²) < 4.78 is 22.8. The van der Waals surface area contributed by atoms with Gasteiger partial charge in [-0.05, 0) is 18.6 Å². The number of nitrogens with two attached hydrogens (primary N) is 1. The average molecular weight is 311 g/mol. The molecule has 2 aromatic rings. The fraction of sp³-hybridized carbons (Fsp3) is 0.333. The molecule has 0 spiro atoms. The number of anilines is 1. The molecule has 0 bridgehead atoms. The number of nitrogens with one attached hydrogen (secondary N) is 1. The van der Waals surface area contributed by atoms with Crippen molar-refractivity contribution in [3.8, 4) is 0 Å². The summed E-state index contributed by atoms with van der Waals surface area (Å²) in [6.45, 7) is 0. The monoisotopic (exact) mass is 311 g/mol. The Hall–Kier alpha value is -1.67. The second kappa shape index (κ2) is 4.71. The van der Waals surface area contributed by atoms with Crippen LogP contribution in [-0.2, 0) is 9.84 Å². The van der Waals surface area contributed by atoms with Gasteiger partial charge >= 0.3 is 0 Å². The molecule has 1 fully saturated rings. The lowest BCUT2D eigenvalue weighted by Crippen LogP contribution is -2.35. The van der Waals surface area contributed by atoms with Crippen LogP contribution >= 0.6 is 11.3 Å². The first-order valence-electron chi connectivity index (χ1n) is 6.10. The molecule has 1 unspecified atom stereocenters. The van der Waals surface area contributed by atoms with Crippen molar-refractivity contribution in [2.24, 2.45) is 0 Å². The summed E-state index contributed by atoms with van der Waals surface area (Å²) in [6, 6.07) is 3.24. The average Bonchev–Trinajstić information content (AvgIpc) is 2.91. The number of fused-ring (bicyclic) bond motifs is 1. The predicted molar refractivity (Wildman–Crippen MR) is 78.6 cm³/mol. The molecule has 8 heteroatoms. The topological polar surface area (TPSA) is 102 Å². The first-order valence-corrected chi connectivity index (χ1v) is 8.74. The molecular weight excluding hydrogens is 298 g/mol. The fourth-order valence-corrected chi connectivity index (χ4v) is 4.92. The lowest BCUT2D eigenvalue weighted by molar-refractivity contribution is 0.0946. The SMILES string of the molecule is Nc1c(C(=O)NC2CCS(=O)(=O)C2)sc2ncccc12. The van der Waals surface area contributed by atoms with Gasteiger partial charge in [0.15, 0.2) is 9.84 Å². The summed E-state index contributed by atoms with van der Waals surface area (Å²) in [4.78, 5) is 17.5. The largest absolute Gasteiger partial charge is 0.397 e. The minimum atomic E-state index is -3.01. The van der Waals surface area contributed by atoms with Crippen molar-refractivity contribution in [3.05, 3.63) is 23.2 Å². The maximum Gasteiger partial charge on any atom is 0.263 e. The number of aromatic nitrogens is 1. The van der Waals surface area contributed by atoms with E-state index in [0.717, 1.165) is 5.39 Å². The Bertz CT molecular complexity index is 782. The van der Waals surface area contributed by atoms with Gasteiger partial charge in [0, 0.05) is 17.6 Å². The van der Waals surface area contributed by atoms with Crippen LogP contribution in [0.15, 0.2) is 18.3 Å². The highest BCUT2D eigenvalue weighted by atomic mass is 32.2. The molecule has 6 nitrogen and oxygen atoms in total. The Balaban J connectivity index is 1.84. The van der Waals surface area contributed by atoms with E-state index in [0.29, 0.717) is 21.8 Å². The van der Waals surface area contributed by atoms with E-state index in [1.165, 1.54) is 11.3 Å². The van der Waals surface area contributed by atoms with Gasteiger partial charge in [-0.3, -0.25) is 4.79 Å². The summed E-state index contributed by atoms with van der Waals surface area (Å²) >= 11 is 1.22. The number of carbonyl (C=O) groups excluding carboxylic acids is 1. The van der Waals surface area contributed by atoms with E-state index in [4.69, 9.17) is 5.73 Å². The molecule has 106 valence electrons. The molecule has 0 saturated carbocycles. The molecule has 20 heavy (non-hydrogen) atoms. The van der Waals surface area contributed by atoms with E-state index in [-0.39, 0.29) is 23.5 Å². The van der Waals surface area contributed by atoms with Gasteiger partial charge in [0.05, 0.1) is 17.2 Å². The highest BCUT2D eigenvalue weighted by Gasteiger charge is 2.30. The van der Waals surface area contributed by atoms with Crippen LogP contribution in [0.2, 0.25) is 0 Å². The Morgan fingerprint density at radius 2 is 2.30 bits per heavy atom. The number of nitrogen functional groups attached to an aromatic ring is 1. The summed E-state index contributed by atoms with van der Waals surface area (Å²) in [5, 5.41) is 3.49.